The molecule has 0 bridgehead atoms. The van der Waals surface area contributed by atoms with Crippen molar-refractivity contribution < 1.29 is 13.9 Å². The van der Waals surface area contributed by atoms with Crippen LogP contribution < -0.4 is 4.90 Å². The maximum Gasteiger partial charge on any atom is 0.244 e. The average Bonchev–Trinajstić information content (AvgIpc) is 2.75. The normalized spacial score (nSPS) is 23.4. The smallest absolute Gasteiger partial charge is 0.244 e. The van der Waals surface area contributed by atoms with E-state index in [1.54, 1.807) is 24.3 Å². The standard InChI is InChI=1S/C22H22FN3O2/c23-18-7-5-17(6-8-18)21-15-25(12-13-28-21)20-2-1-11-26(22(20)27)19-9-3-16(14-24)4-10-19/h3-10,20-21H,1-2,11-13,15H2. The first-order valence-corrected chi connectivity index (χ1v) is 9.58. The van der Waals surface area contributed by atoms with E-state index in [2.05, 4.69) is 11.0 Å². The van der Waals surface area contributed by atoms with Crippen LogP contribution in [0.2, 0.25) is 0 Å². The Hall–Kier alpha value is -2.75. The van der Waals surface area contributed by atoms with Crippen LogP contribution in [0.5, 0.6) is 0 Å². The molecule has 2 aromatic carbocycles. The zero-order valence-corrected chi connectivity index (χ0v) is 15.6. The number of ether oxygens (including phenoxy) is 1. The van der Waals surface area contributed by atoms with Gasteiger partial charge < -0.3 is 9.64 Å². The second-order valence-electron chi connectivity index (χ2n) is 7.21. The van der Waals surface area contributed by atoms with Gasteiger partial charge >= 0.3 is 0 Å². The fraction of sp³-hybridized carbons (Fsp3) is 0.364. The molecule has 6 heteroatoms. The van der Waals surface area contributed by atoms with Gasteiger partial charge in [-0.15, -0.1) is 0 Å². The van der Waals surface area contributed by atoms with E-state index in [0.29, 0.717) is 31.8 Å². The minimum Gasteiger partial charge on any atom is -0.371 e. The number of morpholine rings is 1. The minimum absolute atomic E-state index is 0.0933. The highest BCUT2D eigenvalue weighted by molar-refractivity contribution is 5.98. The quantitative estimate of drug-likeness (QED) is 0.821. The van der Waals surface area contributed by atoms with E-state index in [4.69, 9.17) is 10.00 Å². The molecule has 0 saturated carbocycles. The summed E-state index contributed by atoms with van der Waals surface area (Å²) >= 11 is 0. The molecule has 2 aliphatic heterocycles. The summed E-state index contributed by atoms with van der Waals surface area (Å²) < 4.78 is 19.1. The molecule has 2 fully saturated rings. The SMILES string of the molecule is N#Cc1ccc(N2CCCC(N3CCOC(c4ccc(F)cc4)C3)C2=O)cc1. The summed E-state index contributed by atoms with van der Waals surface area (Å²) in [7, 11) is 0. The zero-order chi connectivity index (χ0) is 19.5. The summed E-state index contributed by atoms with van der Waals surface area (Å²) in [5.41, 5.74) is 2.34. The van der Waals surface area contributed by atoms with Crippen molar-refractivity contribution in [2.24, 2.45) is 0 Å². The summed E-state index contributed by atoms with van der Waals surface area (Å²) in [5.74, 6) is -0.173. The van der Waals surface area contributed by atoms with Crippen molar-refractivity contribution in [3.63, 3.8) is 0 Å². The highest BCUT2D eigenvalue weighted by Gasteiger charge is 2.36. The molecule has 2 heterocycles. The monoisotopic (exact) mass is 379 g/mol. The average molecular weight is 379 g/mol. The predicted molar refractivity (Wildman–Crippen MR) is 103 cm³/mol. The van der Waals surface area contributed by atoms with Gasteiger partial charge in [-0.2, -0.15) is 5.26 Å². The molecule has 0 N–H and O–H groups in total. The van der Waals surface area contributed by atoms with Crippen LogP contribution in [0.25, 0.3) is 0 Å². The van der Waals surface area contributed by atoms with Crippen molar-refractivity contribution in [1.82, 2.24) is 4.90 Å². The van der Waals surface area contributed by atoms with Gasteiger partial charge in [-0.1, -0.05) is 12.1 Å². The third-order valence-electron chi connectivity index (χ3n) is 5.50. The summed E-state index contributed by atoms with van der Waals surface area (Å²) in [4.78, 5) is 17.2. The van der Waals surface area contributed by atoms with Crippen LogP contribution >= 0.6 is 0 Å². The van der Waals surface area contributed by atoms with Crippen LogP contribution in [0, 0.1) is 17.1 Å². The van der Waals surface area contributed by atoms with Gasteiger partial charge in [0.2, 0.25) is 5.91 Å². The van der Waals surface area contributed by atoms with Crippen LogP contribution in [-0.4, -0.2) is 43.1 Å². The Morgan fingerprint density at radius 3 is 2.54 bits per heavy atom. The molecule has 2 aliphatic rings. The third-order valence-corrected chi connectivity index (χ3v) is 5.50. The number of carbonyl (C=O) groups excluding carboxylic acids is 1. The van der Waals surface area contributed by atoms with Gasteiger partial charge in [0.15, 0.2) is 0 Å². The molecule has 0 aliphatic carbocycles. The molecular formula is C22H22FN3O2. The Morgan fingerprint density at radius 2 is 1.82 bits per heavy atom. The Labute approximate surface area is 163 Å². The third kappa shape index (κ3) is 3.77. The van der Waals surface area contributed by atoms with Crippen LogP contribution in [0.3, 0.4) is 0 Å². The number of hydrogen-bond donors (Lipinski definition) is 0. The molecule has 0 radical (unpaired) electrons. The van der Waals surface area contributed by atoms with E-state index < -0.39 is 0 Å². The van der Waals surface area contributed by atoms with Gasteiger partial charge in [0.05, 0.1) is 30.4 Å². The molecule has 2 aromatic rings. The van der Waals surface area contributed by atoms with Crippen molar-refractivity contribution in [2.45, 2.75) is 25.0 Å². The molecule has 1 amide bonds. The van der Waals surface area contributed by atoms with Crippen LogP contribution in [0.4, 0.5) is 10.1 Å². The van der Waals surface area contributed by atoms with Crippen molar-refractivity contribution in [3.05, 3.63) is 65.5 Å². The van der Waals surface area contributed by atoms with Gasteiger partial charge in [-0.05, 0) is 54.8 Å². The molecule has 144 valence electrons. The minimum atomic E-state index is -0.267. The Balaban J connectivity index is 1.49. The van der Waals surface area contributed by atoms with Gasteiger partial charge in [-0.3, -0.25) is 9.69 Å². The van der Waals surface area contributed by atoms with Crippen molar-refractivity contribution >= 4 is 11.6 Å². The predicted octanol–water partition coefficient (Wildman–Crippen LogP) is 3.27. The topological polar surface area (TPSA) is 56.6 Å². The van der Waals surface area contributed by atoms with E-state index in [1.807, 2.05) is 17.0 Å². The van der Waals surface area contributed by atoms with Crippen molar-refractivity contribution in [3.8, 4) is 6.07 Å². The Kier molecular flexibility index (Phi) is 5.38. The van der Waals surface area contributed by atoms with E-state index in [9.17, 15) is 9.18 Å². The summed E-state index contributed by atoms with van der Waals surface area (Å²) in [6.45, 7) is 2.55. The first-order chi connectivity index (χ1) is 13.7. The fourth-order valence-corrected chi connectivity index (χ4v) is 4.00. The number of amides is 1. The van der Waals surface area contributed by atoms with Crippen LogP contribution in [-0.2, 0) is 9.53 Å². The lowest BCUT2D eigenvalue weighted by Crippen LogP contribution is -2.55. The zero-order valence-electron chi connectivity index (χ0n) is 15.6. The maximum atomic E-state index is 13.2. The largest absolute Gasteiger partial charge is 0.371 e. The van der Waals surface area contributed by atoms with Gasteiger partial charge in [-0.25, -0.2) is 4.39 Å². The van der Waals surface area contributed by atoms with Gasteiger partial charge in [0, 0.05) is 25.3 Å². The van der Waals surface area contributed by atoms with Gasteiger partial charge in [0.1, 0.15) is 5.82 Å². The van der Waals surface area contributed by atoms with E-state index >= 15 is 0 Å². The highest BCUT2D eigenvalue weighted by Crippen LogP contribution is 2.29. The molecule has 2 atom stereocenters. The second kappa shape index (κ2) is 8.09. The molecule has 0 aromatic heterocycles. The van der Waals surface area contributed by atoms with Crippen molar-refractivity contribution in [1.29, 1.82) is 5.26 Å². The number of hydrogen-bond acceptors (Lipinski definition) is 4. The van der Waals surface area contributed by atoms with Crippen LogP contribution in [0.1, 0.15) is 30.1 Å². The van der Waals surface area contributed by atoms with E-state index in [1.165, 1.54) is 12.1 Å². The number of piperidine rings is 1. The number of nitriles is 1. The van der Waals surface area contributed by atoms with Gasteiger partial charge in [0.25, 0.3) is 0 Å². The number of halogens is 1. The summed E-state index contributed by atoms with van der Waals surface area (Å²) in [5, 5.41) is 8.97. The molecule has 2 unspecified atom stereocenters. The molecular weight excluding hydrogens is 357 g/mol. The lowest BCUT2D eigenvalue weighted by atomic mass is 9.99. The lowest BCUT2D eigenvalue weighted by Gasteiger charge is -2.42. The lowest BCUT2D eigenvalue weighted by molar-refractivity contribution is -0.129. The highest BCUT2D eigenvalue weighted by atomic mass is 19.1. The van der Waals surface area contributed by atoms with Crippen molar-refractivity contribution in [2.75, 3.05) is 31.1 Å². The summed E-state index contributed by atoms with van der Waals surface area (Å²) in [6, 6.07) is 15.4. The number of carbonyl (C=O) groups is 1. The molecule has 4 rings (SSSR count). The fourth-order valence-electron chi connectivity index (χ4n) is 4.00. The first-order valence-electron chi connectivity index (χ1n) is 9.58. The molecule has 5 nitrogen and oxygen atoms in total. The number of rotatable bonds is 3. The second-order valence-corrected chi connectivity index (χ2v) is 7.21. The maximum absolute atomic E-state index is 13.2. The molecule has 2 saturated heterocycles. The molecule has 0 spiro atoms. The number of anilines is 1. The van der Waals surface area contributed by atoms with E-state index in [-0.39, 0.29) is 23.9 Å². The number of nitrogens with zero attached hydrogens (tertiary/aromatic N) is 3. The van der Waals surface area contributed by atoms with Crippen LogP contribution in [0.15, 0.2) is 48.5 Å². The summed E-state index contributed by atoms with van der Waals surface area (Å²) in [6.07, 6.45) is 1.59. The Bertz CT molecular complexity index is 876. The first kappa shape index (κ1) is 18.6. The Morgan fingerprint density at radius 1 is 1.07 bits per heavy atom. The number of benzene rings is 2. The van der Waals surface area contributed by atoms with E-state index in [0.717, 1.165) is 24.1 Å². The molecule has 28 heavy (non-hydrogen) atoms.